The maximum Gasteiger partial charge on any atom is 0.421 e. The average molecular weight is 448 g/mol. The Hall–Kier alpha value is -1.77. The molecule has 1 unspecified atom stereocenters. The van der Waals surface area contributed by atoms with Gasteiger partial charge < -0.3 is 15.5 Å². The lowest BCUT2D eigenvalue weighted by molar-refractivity contribution is -0.137. The van der Waals surface area contributed by atoms with Crippen molar-refractivity contribution >= 4 is 40.7 Å². The number of aromatic nitrogens is 2. The fourth-order valence-electron chi connectivity index (χ4n) is 3.44. The highest BCUT2D eigenvalue weighted by molar-refractivity contribution is 6.42. The Labute approximate surface area is 177 Å². The molecule has 2 aromatic rings. The van der Waals surface area contributed by atoms with Crippen LogP contribution in [0, 0.1) is 5.92 Å². The summed E-state index contributed by atoms with van der Waals surface area (Å²) in [6, 6.07) is 4.69. The van der Waals surface area contributed by atoms with Gasteiger partial charge in [-0.05, 0) is 57.0 Å². The van der Waals surface area contributed by atoms with Crippen molar-refractivity contribution in [2.75, 3.05) is 30.4 Å². The predicted octanol–water partition coefficient (Wildman–Crippen LogP) is 5.37. The third kappa shape index (κ3) is 5.24. The van der Waals surface area contributed by atoms with Crippen LogP contribution in [0.15, 0.2) is 24.4 Å². The summed E-state index contributed by atoms with van der Waals surface area (Å²) in [7, 11) is 1.65. The van der Waals surface area contributed by atoms with Crippen LogP contribution in [0.1, 0.15) is 25.3 Å². The Morgan fingerprint density at radius 1 is 1.21 bits per heavy atom. The Balaban J connectivity index is 1.91. The molecule has 0 bridgehead atoms. The normalized spacial score (nSPS) is 16.5. The Morgan fingerprint density at radius 2 is 1.90 bits per heavy atom. The Morgan fingerprint density at radius 3 is 2.52 bits per heavy atom. The molecule has 1 saturated heterocycles. The third-order valence-corrected chi connectivity index (χ3v) is 6.00. The van der Waals surface area contributed by atoms with Gasteiger partial charge >= 0.3 is 6.18 Å². The van der Waals surface area contributed by atoms with Crippen molar-refractivity contribution in [2.24, 2.45) is 5.92 Å². The fourth-order valence-corrected chi connectivity index (χ4v) is 3.74. The molecule has 0 aliphatic carbocycles. The molecule has 10 heteroatoms. The molecule has 5 nitrogen and oxygen atoms in total. The molecule has 0 spiro atoms. The number of benzene rings is 1. The van der Waals surface area contributed by atoms with Gasteiger partial charge in [0.05, 0.1) is 10.0 Å². The zero-order valence-corrected chi connectivity index (χ0v) is 17.5. The summed E-state index contributed by atoms with van der Waals surface area (Å²) in [6.45, 7) is 3.66. The van der Waals surface area contributed by atoms with E-state index >= 15 is 0 Å². The Kier molecular flexibility index (Phi) is 6.76. The van der Waals surface area contributed by atoms with E-state index in [9.17, 15) is 13.2 Å². The first-order valence-electron chi connectivity index (χ1n) is 9.26. The van der Waals surface area contributed by atoms with Crippen LogP contribution in [0.2, 0.25) is 10.0 Å². The van der Waals surface area contributed by atoms with E-state index in [2.05, 4.69) is 20.6 Å². The minimum Gasteiger partial charge on any atom is -0.356 e. The molecule has 0 saturated carbocycles. The lowest BCUT2D eigenvalue weighted by Gasteiger charge is -2.36. The van der Waals surface area contributed by atoms with Crippen molar-refractivity contribution in [3.8, 4) is 0 Å². The minimum atomic E-state index is -4.56. The Bertz CT molecular complexity index is 856. The van der Waals surface area contributed by atoms with Gasteiger partial charge in [0.1, 0.15) is 11.4 Å². The second kappa shape index (κ2) is 8.93. The van der Waals surface area contributed by atoms with Crippen molar-refractivity contribution in [3.63, 3.8) is 0 Å². The second-order valence-electron chi connectivity index (χ2n) is 7.12. The van der Waals surface area contributed by atoms with E-state index in [1.807, 2.05) is 6.92 Å². The van der Waals surface area contributed by atoms with Crippen LogP contribution in [0.25, 0.3) is 0 Å². The molecule has 1 atom stereocenters. The van der Waals surface area contributed by atoms with Crippen LogP contribution in [0.5, 0.6) is 0 Å². The van der Waals surface area contributed by atoms with Crippen LogP contribution >= 0.6 is 23.2 Å². The van der Waals surface area contributed by atoms with Crippen LogP contribution in [0.4, 0.5) is 30.6 Å². The van der Waals surface area contributed by atoms with Crippen LogP contribution in [-0.4, -0.2) is 36.1 Å². The fraction of sp³-hybridized carbons (Fsp3) is 0.474. The van der Waals surface area contributed by atoms with E-state index in [0.717, 1.165) is 32.1 Å². The summed E-state index contributed by atoms with van der Waals surface area (Å²) < 4.78 is 40.8. The number of nitrogens with one attached hydrogen (secondary N) is 2. The van der Waals surface area contributed by atoms with Crippen molar-refractivity contribution in [1.82, 2.24) is 15.3 Å². The number of hydrogen-bond acceptors (Lipinski definition) is 5. The van der Waals surface area contributed by atoms with Gasteiger partial charge in [0.15, 0.2) is 0 Å². The van der Waals surface area contributed by atoms with Gasteiger partial charge in [-0.1, -0.05) is 23.2 Å². The van der Waals surface area contributed by atoms with E-state index in [0.29, 0.717) is 15.7 Å². The highest BCUT2D eigenvalue weighted by atomic mass is 35.5. The quantitative estimate of drug-likeness (QED) is 0.644. The van der Waals surface area contributed by atoms with E-state index < -0.39 is 11.7 Å². The maximum absolute atomic E-state index is 13.6. The summed E-state index contributed by atoms with van der Waals surface area (Å²) in [6.07, 6.45) is -1.92. The van der Waals surface area contributed by atoms with Crippen molar-refractivity contribution in [1.29, 1.82) is 0 Å². The number of rotatable bonds is 5. The molecule has 0 radical (unpaired) electrons. The summed E-state index contributed by atoms with van der Waals surface area (Å²) in [5, 5.41) is 6.87. The van der Waals surface area contributed by atoms with E-state index in [4.69, 9.17) is 23.2 Å². The largest absolute Gasteiger partial charge is 0.421 e. The number of nitrogens with zero attached hydrogens (tertiary/aromatic N) is 3. The van der Waals surface area contributed by atoms with Gasteiger partial charge in [0.2, 0.25) is 5.95 Å². The summed E-state index contributed by atoms with van der Waals surface area (Å²) in [5.41, 5.74) is -0.334. The lowest BCUT2D eigenvalue weighted by atomic mass is 9.90. The number of piperidine rings is 1. The van der Waals surface area contributed by atoms with E-state index in [1.165, 1.54) is 0 Å². The lowest BCUT2D eigenvalue weighted by Crippen LogP contribution is -2.42. The molecular weight excluding hydrogens is 426 g/mol. The van der Waals surface area contributed by atoms with Crippen LogP contribution in [-0.2, 0) is 6.18 Å². The molecule has 0 amide bonds. The summed E-state index contributed by atoms with van der Waals surface area (Å²) >= 11 is 11.9. The highest BCUT2D eigenvalue weighted by Gasteiger charge is 2.38. The summed E-state index contributed by atoms with van der Waals surface area (Å²) in [4.78, 5) is 9.64. The molecule has 1 aromatic heterocycles. The monoisotopic (exact) mass is 447 g/mol. The van der Waals surface area contributed by atoms with Crippen LogP contribution < -0.4 is 15.5 Å². The highest BCUT2D eigenvalue weighted by Crippen LogP contribution is 2.37. The van der Waals surface area contributed by atoms with Gasteiger partial charge in [-0.15, -0.1) is 0 Å². The number of alkyl halides is 3. The standard InChI is InChI=1S/C19H22Cl2F3N5/c1-11(12-5-7-25-8-6-12)29(2)17-14(19(22,23)24)10-26-18(28-17)27-13-3-4-15(20)16(21)9-13/h3-4,9-12,25H,5-8H2,1-2H3,(H,26,27,28). The van der Waals surface area contributed by atoms with Gasteiger partial charge in [0, 0.05) is 25.0 Å². The van der Waals surface area contributed by atoms with Crippen molar-refractivity contribution in [3.05, 3.63) is 40.0 Å². The van der Waals surface area contributed by atoms with Crippen LogP contribution in [0.3, 0.4) is 0 Å². The predicted molar refractivity (Wildman–Crippen MR) is 110 cm³/mol. The maximum atomic E-state index is 13.6. The molecule has 158 valence electrons. The molecule has 1 aliphatic heterocycles. The van der Waals surface area contributed by atoms with Gasteiger partial charge in [-0.25, -0.2) is 4.98 Å². The number of halogens is 5. The first-order chi connectivity index (χ1) is 13.7. The first-order valence-corrected chi connectivity index (χ1v) is 10.0. The molecular formula is C19H22Cl2F3N5. The zero-order valence-electron chi connectivity index (χ0n) is 16.0. The average Bonchev–Trinajstić information content (AvgIpc) is 2.69. The second-order valence-corrected chi connectivity index (χ2v) is 7.94. The van der Waals surface area contributed by atoms with E-state index in [-0.39, 0.29) is 23.7 Å². The first kappa shape index (κ1) is 21.9. The molecule has 1 fully saturated rings. The number of hydrogen-bond donors (Lipinski definition) is 2. The summed E-state index contributed by atoms with van der Waals surface area (Å²) in [5.74, 6) is 0.181. The van der Waals surface area contributed by atoms with Crippen molar-refractivity contribution in [2.45, 2.75) is 32.0 Å². The molecule has 2 N–H and O–H groups in total. The SMILES string of the molecule is CC(C1CCNCC1)N(C)c1nc(Nc2ccc(Cl)c(Cl)c2)ncc1C(F)(F)F. The topological polar surface area (TPSA) is 53.1 Å². The third-order valence-electron chi connectivity index (χ3n) is 5.26. The molecule has 3 rings (SSSR count). The van der Waals surface area contributed by atoms with Gasteiger partial charge in [-0.2, -0.15) is 18.2 Å². The van der Waals surface area contributed by atoms with Gasteiger partial charge in [0.25, 0.3) is 0 Å². The molecule has 1 aliphatic rings. The molecule has 2 heterocycles. The molecule has 1 aromatic carbocycles. The molecule has 29 heavy (non-hydrogen) atoms. The van der Waals surface area contributed by atoms with E-state index in [1.54, 1.807) is 30.1 Å². The van der Waals surface area contributed by atoms with Gasteiger partial charge in [-0.3, -0.25) is 0 Å². The number of anilines is 3. The zero-order chi connectivity index (χ0) is 21.2. The smallest absolute Gasteiger partial charge is 0.356 e. The van der Waals surface area contributed by atoms with Crippen molar-refractivity contribution < 1.29 is 13.2 Å². The minimum absolute atomic E-state index is 0.0516.